The number of amides is 2. The summed E-state index contributed by atoms with van der Waals surface area (Å²) in [5, 5.41) is 0. The number of allylic oxidation sites excluding steroid dienone is 1. The van der Waals surface area contributed by atoms with Gasteiger partial charge >= 0.3 is 6.09 Å². The zero-order valence-electron chi connectivity index (χ0n) is 16.1. The van der Waals surface area contributed by atoms with E-state index >= 15 is 0 Å². The minimum atomic E-state index is -0.694. The van der Waals surface area contributed by atoms with E-state index in [9.17, 15) is 9.59 Å². The van der Waals surface area contributed by atoms with Crippen molar-refractivity contribution in [2.45, 2.75) is 31.2 Å². The smallest absolute Gasteiger partial charge is 0.417 e. The molecule has 2 aromatic rings. The second-order valence-corrected chi connectivity index (χ2v) is 7.56. The van der Waals surface area contributed by atoms with Gasteiger partial charge in [-0.25, -0.2) is 9.69 Å². The quantitative estimate of drug-likeness (QED) is 0.676. The first-order chi connectivity index (χ1) is 13.7. The number of ether oxygens (including phenoxy) is 1. The van der Waals surface area contributed by atoms with Crippen molar-refractivity contribution in [2.24, 2.45) is 11.8 Å². The Morgan fingerprint density at radius 3 is 2.39 bits per heavy atom. The van der Waals surface area contributed by atoms with Crippen LogP contribution in [0.1, 0.15) is 36.9 Å². The van der Waals surface area contributed by atoms with E-state index in [0.29, 0.717) is 0 Å². The van der Waals surface area contributed by atoms with Gasteiger partial charge in [-0.1, -0.05) is 80.1 Å². The van der Waals surface area contributed by atoms with Crippen LogP contribution in [0.15, 0.2) is 73.3 Å². The molecule has 0 unspecified atom stereocenters. The van der Waals surface area contributed by atoms with Crippen LogP contribution < -0.4 is 0 Å². The Labute approximate surface area is 165 Å². The number of hydrogen-bond donors (Lipinski definition) is 0. The average molecular weight is 375 g/mol. The van der Waals surface area contributed by atoms with Crippen molar-refractivity contribution in [1.82, 2.24) is 4.90 Å². The second kappa shape index (κ2) is 7.27. The molecule has 4 rings (SSSR count). The SMILES string of the molecule is C=CC[C@H]1[C@@H](CC)[C@]1(C(=O)N1C(=O)OC[C@@H]1c1ccccc1)c1ccccc1. The monoisotopic (exact) mass is 375 g/mol. The zero-order chi connectivity index (χ0) is 19.7. The van der Waals surface area contributed by atoms with E-state index < -0.39 is 11.5 Å². The van der Waals surface area contributed by atoms with E-state index in [-0.39, 0.29) is 30.4 Å². The Bertz CT molecular complexity index is 879. The van der Waals surface area contributed by atoms with Gasteiger partial charge in [0.05, 0.1) is 5.41 Å². The molecule has 1 heterocycles. The van der Waals surface area contributed by atoms with Crippen LogP contribution in [0.2, 0.25) is 0 Å². The molecule has 4 nitrogen and oxygen atoms in total. The van der Waals surface area contributed by atoms with Gasteiger partial charge in [0.2, 0.25) is 5.91 Å². The maximum absolute atomic E-state index is 14.0. The van der Waals surface area contributed by atoms with E-state index in [0.717, 1.165) is 24.0 Å². The summed E-state index contributed by atoms with van der Waals surface area (Å²) in [5.41, 5.74) is 1.20. The van der Waals surface area contributed by atoms with E-state index in [2.05, 4.69) is 13.5 Å². The van der Waals surface area contributed by atoms with Gasteiger partial charge in [0.1, 0.15) is 12.6 Å². The number of carbonyl (C=O) groups is 2. The summed E-state index contributed by atoms with van der Waals surface area (Å²) < 4.78 is 5.32. The van der Waals surface area contributed by atoms with Crippen LogP contribution in [0, 0.1) is 11.8 Å². The summed E-state index contributed by atoms with van der Waals surface area (Å²) in [4.78, 5) is 28.0. The van der Waals surface area contributed by atoms with Gasteiger partial charge in [-0.15, -0.1) is 6.58 Å². The Hall–Kier alpha value is -2.88. The molecule has 2 fully saturated rings. The molecule has 4 atom stereocenters. The van der Waals surface area contributed by atoms with Crippen molar-refractivity contribution in [2.75, 3.05) is 6.61 Å². The lowest BCUT2D eigenvalue weighted by atomic mass is 9.88. The summed E-state index contributed by atoms with van der Waals surface area (Å²) in [6.07, 6.45) is 2.95. The molecular weight excluding hydrogens is 350 g/mol. The maximum atomic E-state index is 14.0. The summed E-state index contributed by atoms with van der Waals surface area (Å²) in [5.74, 6) is 0.189. The van der Waals surface area contributed by atoms with Crippen LogP contribution >= 0.6 is 0 Å². The van der Waals surface area contributed by atoms with Crippen molar-refractivity contribution >= 4 is 12.0 Å². The lowest BCUT2D eigenvalue weighted by molar-refractivity contribution is -0.132. The van der Waals surface area contributed by atoms with Crippen molar-refractivity contribution < 1.29 is 14.3 Å². The van der Waals surface area contributed by atoms with Gasteiger partial charge in [-0.05, 0) is 29.4 Å². The topological polar surface area (TPSA) is 46.6 Å². The fraction of sp³-hybridized carbons (Fsp3) is 0.333. The van der Waals surface area contributed by atoms with Gasteiger partial charge in [-0.3, -0.25) is 4.79 Å². The average Bonchev–Trinajstić information content (AvgIpc) is 3.23. The Morgan fingerprint density at radius 2 is 1.79 bits per heavy atom. The molecule has 28 heavy (non-hydrogen) atoms. The van der Waals surface area contributed by atoms with Gasteiger partial charge < -0.3 is 4.74 Å². The fourth-order valence-corrected chi connectivity index (χ4v) is 5.02. The Morgan fingerprint density at radius 1 is 1.14 bits per heavy atom. The highest BCUT2D eigenvalue weighted by molar-refractivity contribution is 6.02. The molecule has 2 aliphatic rings. The fourth-order valence-electron chi connectivity index (χ4n) is 5.02. The Kier molecular flexibility index (Phi) is 4.80. The molecule has 0 spiro atoms. The number of benzene rings is 2. The molecule has 0 N–H and O–H groups in total. The highest BCUT2D eigenvalue weighted by Crippen LogP contribution is 2.64. The van der Waals surface area contributed by atoms with Crippen LogP contribution in [0.5, 0.6) is 0 Å². The molecule has 0 bridgehead atoms. The van der Waals surface area contributed by atoms with E-state index in [1.807, 2.05) is 66.7 Å². The number of imide groups is 1. The standard InChI is InChI=1S/C24H25NO3/c1-3-11-20-19(4-2)24(20,18-14-9-6-10-15-18)22(26)25-21(16-28-23(25)27)17-12-7-5-8-13-17/h3,5-10,12-15,19-21H,1,4,11,16H2,2H3/t19-,20+,21-,24-/m1/s1. The van der Waals surface area contributed by atoms with Gasteiger partial charge in [0, 0.05) is 0 Å². The summed E-state index contributed by atoms with van der Waals surface area (Å²) in [6.45, 7) is 6.19. The number of cyclic esters (lactones) is 1. The third-order valence-corrected chi connectivity index (χ3v) is 6.29. The molecule has 144 valence electrons. The van der Waals surface area contributed by atoms with Crippen molar-refractivity contribution in [1.29, 1.82) is 0 Å². The predicted octanol–water partition coefficient (Wildman–Crippen LogP) is 4.88. The molecule has 2 amide bonds. The molecular formula is C24H25NO3. The minimum Gasteiger partial charge on any atom is -0.446 e. The molecule has 1 saturated heterocycles. The summed E-state index contributed by atoms with van der Waals surface area (Å²) in [7, 11) is 0. The normalized spacial score (nSPS) is 28.7. The van der Waals surface area contributed by atoms with Crippen LogP contribution in [0.4, 0.5) is 4.79 Å². The minimum absolute atomic E-state index is 0.145. The summed E-state index contributed by atoms with van der Waals surface area (Å²) >= 11 is 0. The molecule has 1 saturated carbocycles. The first kappa shape index (κ1) is 18.5. The predicted molar refractivity (Wildman–Crippen MR) is 108 cm³/mol. The van der Waals surface area contributed by atoms with Gasteiger partial charge in [-0.2, -0.15) is 0 Å². The molecule has 4 heteroatoms. The number of carbonyl (C=O) groups excluding carboxylic acids is 2. The van der Waals surface area contributed by atoms with Crippen LogP contribution in [0.3, 0.4) is 0 Å². The first-order valence-electron chi connectivity index (χ1n) is 9.88. The Balaban J connectivity index is 1.78. The van der Waals surface area contributed by atoms with Crippen molar-refractivity contribution in [3.05, 3.63) is 84.4 Å². The lowest BCUT2D eigenvalue weighted by Crippen LogP contribution is -2.43. The van der Waals surface area contributed by atoms with E-state index in [1.165, 1.54) is 4.90 Å². The summed E-state index contributed by atoms with van der Waals surface area (Å²) in [6, 6.07) is 19.1. The largest absolute Gasteiger partial charge is 0.446 e. The number of rotatable bonds is 6. The third-order valence-electron chi connectivity index (χ3n) is 6.29. The first-order valence-corrected chi connectivity index (χ1v) is 9.88. The van der Waals surface area contributed by atoms with Crippen molar-refractivity contribution in [3.8, 4) is 0 Å². The highest BCUT2D eigenvalue weighted by Gasteiger charge is 2.70. The van der Waals surface area contributed by atoms with E-state index in [4.69, 9.17) is 4.74 Å². The third kappa shape index (κ3) is 2.67. The molecule has 1 aliphatic heterocycles. The van der Waals surface area contributed by atoms with E-state index in [1.54, 1.807) is 0 Å². The maximum Gasteiger partial charge on any atom is 0.417 e. The van der Waals surface area contributed by atoms with Gasteiger partial charge in [0.25, 0.3) is 0 Å². The van der Waals surface area contributed by atoms with Gasteiger partial charge in [0.15, 0.2) is 0 Å². The van der Waals surface area contributed by atoms with Crippen LogP contribution in [-0.4, -0.2) is 23.5 Å². The lowest BCUT2D eigenvalue weighted by Gasteiger charge is -2.27. The molecule has 0 radical (unpaired) electrons. The van der Waals surface area contributed by atoms with Crippen molar-refractivity contribution in [3.63, 3.8) is 0 Å². The highest BCUT2D eigenvalue weighted by atomic mass is 16.6. The zero-order valence-corrected chi connectivity index (χ0v) is 16.1. The molecule has 0 aromatic heterocycles. The van der Waals surface area contributed by atoms with Crippen LogP contribution in [0.25, 0.3) is 0 Å². The number of hydrogen-bond acceptors (Lipinski definition) is 3. The molecule has 1 aliphatic carbocycles. The molecule has 2 aromatic carbocycles. The number of nitrogens with zero attached hydrogens (tertiary/aromatic N) is 1. The second-order valence-electron chi connectivity index (χ2n) is 7.56. The van der Waals surface area contributed by atoms with Crippen LogP contribution in [-0.2, 0) is 14.9 Å².